The molecule has 0 amide bonds. The van der Waals surface area contributed by atoms with Crippen molar-refractivity contribution in [1.29, 1.82) is 0 Å². The van der Waals surface area contributed by atoms with Gasteiger partial charge < -0.3 is 18.9 Å². The lowest BCUT2D eigenvalue weighted by Crippen LogP contribution is -2.18. The molecule has 6 nitrogen and oxygen atoms in total. The number of ether oxygens (including phenoxy) is 4. The standard InChI is InChI=1S/C31H32FNO5/c1-35-30(34)16-21-19-36-29-17-23(8-9-24(21)29)38-28-12-10-25-27(13-11-26(32)31(25)28)37-22-6-4-20(5-7-22)18-33-14-2-3-15-33/h4-9,11,13,17,21,28H,2-3,10,12,14-16,18-19H2,1H3/t21-,28-/m1/s1. The van der Waals surface area contributed by atoms with Crippen LogP contribution in [-0.2, 0) is 22.5 Å². The Labute approximate surface area is 222 Å². The summed E-state index contributed by atoms with van der Waals surface area (Å²) in [5.74, 6) is 2.13. The van der Waals surface area contributed by atoms with Crippen LogP contribution in [0.5, 0.6) is 23.0 Å². The average Bonchev–Trinajstić information content (AvgIpc) is 3.68. The van der Waals surface area contributed by atoms with Crippen LogP contribution in [0.25, 0.3) is 0 Å². The Kier molecular flexibility index (Phi) is 6.94. The van der Waals surface area contributed by atoms with Crippen LogP contribution in [0.3, 0.4) is 0 Å². The van der Waals surface area contributed by atoms with Gasteiger partial charge in [-0.05, 0) is 74.7 Å². The molecule has 2 heterocycles. The maximum atomic E-state index is 15.0. The quantitative estimate of drug-likeness (QED) is 0.326. The van der Waals surface area contributed by atoms with Crippen molar-refractivity contribution in [2.75, 3.05) is 26.8 Å². The third-order valence-corrected chi connectivity index (χ3v) is 7.78. The summed E-state index contributed by atoms with van der Waals surface area (Å²) in [5.41, 5.74) is 3.64. The highest BCUT2D eigenvalue weighted by atomic mass is 19.1. The number of hydrogen-bond acceptors (Lipinski definition) is 6. The zero-order valence-electron chi connectivity index (χ0n) is 21.6. The molecule has 0 unspecified atom stereocenters. The number of fused-ring (bicyclic) bond motifs is 2. The Hall–Kier alpha value is -3.58. The van der Waals surface area contributed by atoms with E-state index in [4.69, 9.17) is 18.9 Å². The minimum Gasteiger partial charge on any atom is -0.492 e. The SMILES string of the molecule is COC(=O)C[C@@H]1COc2cc(O[C@@H]3CCc4c(Oc5ccc(CN6CCCC6)cc5)ccc(F)c43)ccc21. The molecule has 3 aromatic rings. The third kappa shape index (κ3) is 5.07. The summed E-state index contributed by atoms with van der Waals surface area (Å²) in [7, 11) is 1.39. The van der Waals surface area contributed by atoms with Gasteiger partial charge in [0.15, 0.2) is 0 Å². The molecule has 3 aromatic carbocycles. The second kappa shape index (κ2) is 10.7. The van der Waals surface area contributed by atoms with Gasteiger partial charge in [0.05, 0.1) is 20.1 Å². The van der Waals surface area contributed by atoms with E-state index in [9.17, 15) is 4.79 Å². The molecule has 0 bridgehead atoms. The van der Waals surface area contributed by atoms with Gasteiger partial charge in [0.1, 0.15) is 34.9 Å². The van der Waals surface area contributed by atoms with Crippen molar-refractivity contribution >= 4 is 5.97 Å². The molecule has 1 fully saturated rings. The van der Waals surface area contributed by atoms with Gasteiger partial charge in [0.2, 0.25) is 0 Å². The monoisotopic (exact) mass is 517 g/mol. The van der Waals surface area contributed by atoms with Crippen molar-refractivity contribution in [3.8, 4) is 23.0 Å². The molecule has 38 heavy (non-hydrogen) atoms. The zero-order chi connectivity index (χ0) is 26.1. The molecule has 6 rings (SSSR count). The Balaban J connectivity index is 1.15. The predicted octanol–water partition coefficient (Wildman–Crippen LogP) is 6.32. The van der Waals surface area contributed by atoms with Crippen molar-refractivity contribution in [2.45, 2.75) is 50.7 Å². The van der Waals surface area contributed by atoms with Crippen molar-refractivity contribution in [2.24, 2.45) is 0 Å². The van der Waals surface area contributed by atoms with Crippen molar-refractivity contribution in [3.05, 3.63) is 82.7 Å². The molecule has 0 N–H and O–H groups in total. The number of hydrogen-bond donors (Lipinski definition) is 0. The fourth-order valence-electron chi connectivity index (χ4n) is 5.79. The van der Waals surface area contributed by atoms with Crippen LogP contribution in [0.4, 0.5) is 4.39 Å². The van der Waals surface area contributed by atoms with Gasteiger partial charge in [-0.2, -0.15) is 0 Å². The molecule has 0 spiro atoms. The number of methoxy groups -OCH3 is 1. The lowest BCUT2D eigenvalue weighted by atomic mass is 9.98. The van der Waals surface area contributed by atoms with Crippen LogP contribution in [0.2, 0.25) is 0 Å². The summed E-state index contributed by atoms with van der Waals surface area (Å²) < 4.78 is 38.1. The highest BCUT2D eigenvalue weighted by molar-refractivity contribution is 5.71. The molecule has 2 atom stereocenters. The molecule has 3 aliphatic rings. The van der Waals surface area contributed by atoms with Crippen LogP contribution in [0.1, 0.15) is 60.0 Å². The molecule has 1 aliphatic carbocycles. The molecular formula is C31H32FNO5. The maximum Gasteiger partial charge on any atom is 0.306 e. The summed E-state index contributed by atoms with van der Waals surface area (Å²) in [4.78, 5) is 14.2. The van der Waals surface area contributed by atoms with E-state index < -0.39 is 6.10 Å². The molecule has 7 heteroatoms. The largest absolute Gasteiger partial charge is 0.492 e. The van der Waals surface area contributed by atoms with Crippen LogP contribution in [-0.4, -0.2) is 37.7 Å². The summed E-state index contributed by atoms with van der Waals surface area (Å²) in [6.07, 6.45) is 3.74. The van der Waals surface area contributed by atoms with Gasteiger partial charge in [0, 0.05) is 35.2 Å². The molecule has 2 aliphatic heterocycles. The Morgan fingerprint density at radius 1 is 1.05 bits per heavy atom. The fourth-order valence-corrected chi connectivity index (χ4v) is 5.79. The summed E-state index contributed by atoms with van der Waals surface area (Å²) in [6, 6.07) is 17.0. The highest BCUT2D eigenvalue weighted by Gasteiger charge is 2.32. The normalized spacial score (nSPS) is 20.1. The minimum atomic E-state index is -0.415. The number of halogens is 1. The van der Waals surface area contributed by atoms with Crippen LogP contribution in [0.15, 0.2) is 54.6 Å². The minimum absolute atomic E-state index is 0.0369. The van der Waals surface area contributed by atoms with E-state index in [-0.39, 0.29) is 24.1 Å². The number of nitrogens with zero attached hydrogens (tertiary/aromatic N) is 1. The molecule has 198 valence electrons. The first-order chi connectivity index (χ1) is 18.6. The average molecular weight is 518 g/mol. The number of likely N-dealkylation sites (tertiary alicyclic amines) is 1. The van der Waals surface area contributed by atoms with Crippen molar-refractivity contribution in [3.63, 3.8) is 0 Å². The fraction of sp³-hybridized carbons (Fsp3) is 0.387. The van der Waals surface area contributed by atoms with E-state index >= 15 is 4.39 Å². The van der Waals surface area contributed by atoms with E-state index in [0.717, 1.165) is 36.5 Å². The predicted molar refractivity (Wildman–Crippen MR) is 140 cm³/mol. The van der Waals surface area contributed by atoms with Crippen LogP contribution in [0, 0.1) is 5.82 Å². The zero-order valence-corrected chi connectivity index (χ0v) is 21.6. The molecule has 0 aromatic heterocycles. The van der Waals surface area contributed by atoms with Crippen molar-refractivity contribution in [1.82, 2.24) is 4.90 Å². The first kappa shape index (κ1) is 24.7. The van der Waals surface area contributed by atoms with E-state index in [0.29, 0.717) is 42.3 Å². The first-order valence-corrected chi connectivity index (χ1v) is 13.4. The number of carbonyl (C=O) groups excluding carboxylic acids is 1. The van der Waals surface area contributed by atoms with E-state index in [1.54, 1.807) is 6.07 Å². The van der Waals surface area contributed by atoms with Crippen molar-refractivity contribution < 1.29 is 28.1 Å². The second-order valence-electron chi connectivity index (χ2n) is 10.3. The van der Waals surface area contributed by atoms with Crippen LogP contribution < -0.4 is 14.2 Å². The number of rotatable bonds is 8. The summed E-state index contributed by atoms with van der Waals surface area (Å²) in [6.45, 7) is 3.72. The van der Waals surface area contributed by atoms with Gasteiger partial charge in [-0.3, -0.25) is 9.69 Å². The van der Waals surface area contributed by atoms with Crippen LogP contribution >= 0.6 is 0 Å². The molecule has 0 radical (unpaired) electrons. The number of carbonyl (C=O) groups is 1. The maximum absolute atomic E-state index is 15.0. The second-order valence-corrected chi connectivity index (χ2v) is 10.3. The molecular weight excluding hydrogens is 485 g/mol. The summed E-state index contributed by atoms with van der Waals surface area (Å²) in [5, 5.41) is 0. The van der Waals surface area contributed by atoms with Gasteiger partial charge in [-0.15, -0.1) is 0 Å². The smallest absolute Gasteiger partial charge is 0.306 e. The van der Waals surface area contributed by atoms with Gasteiger partial charge in [-0.1, -0.05) is 18.2 Å². The van der Waals surface area contributed by atoms with E-state index in [1.807, 2.05) is 30.3 Å². The topological polar surface area (TPSA) is 57.2 Å². The van der Waals surface area contributed by atoms with E-state index in [1.165, 1.54) is 31.6 Å². The van der Waals surface area contributed by atoms with Gasteiger partial charge in [-0.25, -0.2) is 4.39 Å². The number of esters is 1. The molecule has 0 saturated carbocycles. The first-order valence-electron chi connectivity index (χ1n) is 13.4. The number of benzene rings is 3. The van der Waals surface area contributed by atoms with Gasteiger partial charge in [0.25, 0.3) is 0 Å². The highest BCUT2D eigenvalue weighted by Crippen LogP contribution is 2.44. The Morgan fingerprint density at radius 2 is 1.84 bits per heavy atom. The Morgan fingerprint density at radius 3 is 2.63 bits per heavy atom. The summed E-state index contributed by atoms with van der Waals surface area (Å²) >= 11 is 0. The van der Waals surface area contributed by atoms with E-state index in [2.05, 4.69) is 17.0 Å². The lowest BCUT2D eigenvalue weighted by Gasteiger charge is -2.18. The lowest BCUT2D eigenvalue weighted by molar-refractivity contribution is -0.141. The molecule has 1 saturated heterocycles. The Bertz CT molecular complexity index is 1320. The third-order valence-electron chi connectivity index (χ3n) is 7.78. The van der Waals surface area contributed by atoms with Gasteiger partial charge >= 0.3 is 5.97 Å².